The molecule has 0 spiro atoms. The van der Waals surface area contributed by atoms with Crippen LogP contribution < -0.4 is 5.43 Å². The number of hydrogen-bond acceptors (Lipinski definition) is 5. The third-order valence-corrected chi connectivity index (χ3v) is 4.61. The van der Waals surface area contributed by atoms with Gasteiger partial charge in [-0.25, -0.2) is 4.68 Å². The molecule has 6 nitrogen and oxygen atoms in total. The van der Waals surface area contributed by atoms with Crippen LogP contribution in [0, 0.1) is 0 Å². The molecule has 0 saturated carbocycles. The van der Waals surface area contributed by atoms with E-state index in [1.54, 1.807) is 23.3 Å². The summed E-state index contributed by atoms with van der Waals surface area (Å²) in [6, 6.07) is 23.0. The highest BCUT2D eigenvalue weighted by Gasteiger charge is 2.18. The number of hydrogen-bond donors (Lipinski definition) is 2. The van der Waals surface area contributed by atoms with Crippen molar-refractivity contribution in [1.82, 2.24) is 14.9 Å². The third-order valence-electron chi connectivity index (χ3n) is 4.61. The molecule has 0 saturated heterocycles. The topological polar surface area (TPSA) is 76.1 Å². The number of phenols is 1. The van der Waals surface area contributed by atoms with Gasteiger partial charge >= 0.3 is 0 Å². The van der Waals surface area contributed by atoms with E-state index in [0.29, 0.717) is 17.3 Å². The van der Waals surface area contributed by atoms with Gasteiger partial charge in [0.25, 0.3) is 0 Å². The van der Waals surface area contributed by atoms with E-state index in [2.05, 4.69) is 15.6 Å². The summed E-state index contributed by atoms with van der Waals surface area (Å²) >= 11 is 0. The van der Waals surface area contributed by atoms with Crippen LogP contribution in [0.2, 0.25) is 0 Å². The van der Waals surface area contributed by atoms with Crippen LogP contribution >= 0.6 is 0 Å². The summed E-state index contributed by atoms with van der Waals surface area (Å²) in [7, 11) is 0. The van der Waals surface area contributed by atoms with Crippen molar-refractivity contribution in [3.05, 3.63) is 85.3 Å². The Kier molecular flexibility index (Phi) is 3.80. The quantitative estimate of drug-likeness (QED) is 0.440. The molecular formula is C22H16N4O2. The van der Waals surface area contributed by atoms with Gasteiger partial charge in [-0.05, 0) is 17.5 Å². The van der Waals surface area contributed by atoms with Crippen molar-refractivity contribution in [2.45, 2.75) is 0 Å². The van der Waals surface area contributed by atoms with Crippen molar-refractivity contribution in [2.75, 3.05) is 5.43 Å². The number of fused-ring (bicyclic) bond motifs is 1. The molecule has 0 atom stereocenters. The van der Waals surface area contributed by atoms with Gasteiger partial charge in [-0.1, -0.05) is 60.7 Å². The molecule has 0 unspecified atom stereocenters. The molecule has 0 aliphatic heterocycles. The van der Waals surface area contributed by atoms with Gasteiger partial charge in [0.1, 0.15) is 17.7 Å². The maximum Gasteiger partial charge on any atom is 0.186 e. The van der Waals surface area contributed by atoms with Crippen molar-refractivity contribution in [2.24, 2.45) is 0 Å². The Morgan fingerprint density at radius 1 is 0.786 bits per heavy atom. The monoisotopic (exact) mass is 368 g/mol. The Hall–Kier alpha value is -4.06. The number of furan rings is 1. The van der Waals surface area contributed by atoms with E-state index >= 15 is 0 Å². The van der Waals surface area contributed by atoms with Crippen molar-refractivity contribution in [3.63, 3.8) is 0 Å². The van der Waals surface area contributed by atoms with Gasteiger partial charge in [0.05, 0.1) is 11.8 Å². The van der Waals surface area contributed by atoms with Gasteiger partial charge in [-0.15, -0.1) is 10.2 Å². The van der Waals surface area contributed by atoms with Crippen LogP contribution in [0.3, 0.4) is 0 Å². The molecule has 0 aliphatic carbocycles. The standard InChI is InChI=1S/C22H16N4O2/c27-19-11-10-15-6-4-5-9-18(15)20(19)25-26-21(16-7-2-1-3-8-16)23-24-22(26)17-12-13-28-14-17/h1-14,25,27H. The second-order valence-corrected chi connectivity index (χ2v) is 6.35. The van der Waals surface area contributed by atoms with Crippen molar-refractivity contribution in [3.8, 4) is 28.5 Å². The van der Waals surface area contributed by atoms with E-state index in [1.165, 1.54) is 0 Å². The molecule has 136 valence electrons. The average molecular weight is 368 g/mol. The van der Waals surface area contributed by atoms with Gasteiger partial charge in [-0.3, -0.25) is 5.43 Å². The Labute approximate surface area is 160 Å². The molecule has 2 N–H and O–H groups in total. The second-order valence-electron chi connectivity index (χ2n) is 6.35. The first kappa shape index (κ1) is 16.1. The highest BCUT2D eigenvalue weighted by Crippen LogP contribution is 2.34. The van der Waals surface area contributed by atoms with Crippen LogP contribution in [-0.4, -0.2) is 20.0 Å². The average Bonchev–Trinajstić information content (AvgIpc) is 3.40. The molecule has 5 aromatic rings. The molecular weight excluding hydrogens is 352 g/mol. The minimum Gasteiger partial charge on any atom is -0.506 e. The predicted octanol–water partition coefficient (Wildman–Crippen LogP) is 4.94. The zero-order valence-electron chi connectivity index (χ0n) is 14.8. The molecule has 28 heavy (non-hydrogen) atoms. The summed E-state index contributed by atoms with van der Waals surface area (Å²) < 4.78 is 6.99. The number of aromatic nitrogens is 3. The Balaban J connectivity index is 1.72. The molecule has 0 amide bonds. The first-order valence-corrected chi connectivity index (χ1v) is 8.82. The second kappa shape index (κ2) is 6.59. The summed E-state index contributed by atoms with van der Waals surface area (Å²) in [5, 5.41) is 21.2. The van der Waals surface area contributed by atoms with Crippen molar-refractivity contribution < 1.29 is 9.52 Å². The summed E-state index contributed by atoms with van der Waals surface area (Å²) in [5.41, 5.74) is 5.58. The number of anilines is 1. The highest BCUT2D eigenvalue weighted by molar-refractivity contribution is 5.97. The lowest BCUT2D eigenvalue weighted by Gasteiger charge is -2.16. The van der Waals surface area contributed by atoms with E-state index in [1.807, 2.05) is 66.7 Å². The van der Waals surface area contributed by atoms with Crippen LogP contribution in [-0.2, 0) is 0 Å². The maximum atomic E-state index is 10.6. The Bertz CT molecular complexity index is 1240. The van der Waals surface area contributed by atoms with Crippen LogP contribution in [0.25, 0.3) is 33.5 Å². The minimum absolute atomic E-state index is 0.143. The SMILES string of the molecule is Oc1ccc2ccccc2c1Nn1c(-c2ccccc2)nnc1-c1ccoc1. The van der Waals surface area contributed by atoms with Gasteiger partial charge in [-0.2, -0.15) is 0 Å². The smallest absolute Gasteiger partial charge is 0.186 e. The predicted molar refractivity (Wildman–Crippen MR) is 108 cm³/mol. The van der Waals surface area contributed by atoms with Gasteiger partial charge in [0, 0.05) is 10.9 Å². The molecule has 0 fully saturated rings. The van der Waals surface area contributed by atoms with E-state index in [-0.39, 0.29) is 5.75 Å². The first-order valence-electron chi connectivity index (χ1n) is 8.82. The molecule has 6 heteroatoms. The number of nitrogens with zero attached hydrogens (tertiary/aromatic N) is 3. The summed E-state index contributed by atoms with van der Waals surface area (Å²) in [6.07, 6.45) is 3.20. The zero-order valence-corrected chi connectivity index (χ0v) is 14.8. The number of phenolic OH excluding ortho intramolecular Hbond substituents is 1. The molecule has 2 heterocycles. The van der Waals surface area contributed by atoms with Crippen molar-refractivity contribution in [1.29, 1.82) is 0 Å². The molecule has 2 aromatic heterocycles. The Morgan fingerprint density at radius 3 is 2.32 bits per heavy atom. The highest BCUT2D eigenvalue weighted by atomic mass is 16.3. The Morgan fingerprint density at radius 2 is 1.54 bits per heavy atom. The molecule has 0 aliphatic rings. The fraction of sp³-hybridized carbons (Fsp3) is 0. The van der Waals surface area contributed by atoms with E-state index < -0.39 is 0 Å². The lowest BCUT2D eigenvalue weighted by Crippen LogP contribution is -2.13. The zero-order chi connectivity index (χ0) is 18.9. The molecule has 0 bridgehead atoms. The lowest BCUT2D eigenvalue weighted by atomic mass is 10.1. The molecule has 3 aromatic carbocycles. The number of benzene rings is 3. The maximum absolute atomic E-state index is 10.6. The van der Waals surface area contributed by atoms with E-state index in [4.69, 9.17) is 4.42 Å². The normalized spacial score (nSPS) is 11.0. The third kappa shape index (κ3) is 2.68. The number of rotatable bonds is 4. The van der Waals surface area contributed by atoms with E-state index in [9.17, 15) is 5.11 Å². The number of aromatic hydroxyl groups is 1. The summed E-state index contributed by atoms with van der Waals surface area (Å²) in [5.74, 6) is 1.36. The number of nitrogens with one attached hydrogen (secondary N) is 1. The van der Waals surface area contributed by atoms with Crippen LogP contribution in [0.4, 0.5) is 5.69 Å². The molecule has 5 rings (SSSR count). The van der Waals surface area contributed by atoms with Crippen LogP contribution in [0.1, 0.15) is 0 Å². The summed E-state index contributed by atoms with van der Waals surface area (Å²) in [4.78, 5) is 0. The fourth-order valence-electron chi connectivity index (χ4n) is 3.23. The first-order chi connectivity index (χ1) is 13.8. The molecule has 0 radical (unpaired) electrons. The van der Waals surface area contributed by atoms with Crippen molar-refractivity contribution >= 4 is 16.5 Å². The van der Waals surface area contributed by atoms with Gasteiger partial charge in [0.15, 0.2) is 11.6 Å². The summed E-state index contributed by atoms with van der Waals surface area (Å²) in [6.45, 7) is 0. The fourth-order valence-corrected chi connectivity index (χ4v) is 3.23. The van der Waals surface area contributed by atoms with Gasteiger partial charge in [0.2, 0.25) is 0 Å². The largest absolute Gasteiger partial charge is 0.506 e. The lowest BCUT2D eigenvalue weighted by molar-refractivity contribution is 0.477. The van der Waals surface area contributed by atoms with Gasteiger partial charge < -0.3 is 9.52 Å². The van der Waals surface area contributed by atoms with Crippen LogP contribution in [0.5, 0.6) is 5.75 Å². The van der Waals surface area contributed by atoms with Crippen LogP contribution in [0.15, 0.2) is 89.7 Å². The minimum atomic E-state index is 0.143. The van der Waals surface area contributed by atoms with E-state index in [0.717, 1.165) is 21.9 Å².